The van der Waals surface area contributed by atoms with Crippen LogP contribution in [0.3, 0.4) is 0 Å². The van der Waals surface area contributed by atoms with Crippen LogP contribution in [-0.2, 0) is 0 Å². The summed E-state index contributed by atoms with van der Waals surface area (Å²) in [6, 6.07) is 30.5. The van der Waals surface area contributed by atoms with E-state index in [2.05, 4.69) is 12.1 Å². The van der Waals surface area contributed by atoms with Gasteiger partial charge in [-0.25, -0.2) is 4.98 Å². The molecule has 4 aromatic carbocycles. The Morgan fingerprint density at radius 3 is 1.97 bits per heavy atom. The summed E-state index contributed by atoms with van der Waals surface area (Å²) in [5, 5.41) is 1.56. The molecule has 0 unspecified atom stereocenters. The molecular weight excluding hydrogens is 427 g/mol. The largest absolute Gasteiger partial charge is 0.268 e. The lowest BCUT2D eigenvalue weighted by atomic mass is 10.0. The fourth-order valence-electron chi connectivity index (χ4n) is 3.62. The molecule has 0 saturated carbocycles. The lowest BCUT2D eigenvalue weighted by molar-refractivity contribution is 0.976. The van der Waals surface area contributed by atoms with Crippen LogP contribution >= 0.6 is 23.2 Å². The van der Waals surface area contributed by atoms with Crippen molar-refractivity contribution in [3.8, 4) is 28.2 Å². The first-order chi connectivity index (χ1) is 15.1. The molecule has 0 aliphatic heterocycles. The summed E-state index contributed by atoms with van der Waals surface area (Å²) in [4.78, 5) is 18.3. The van der Waals surface area contributed by atoms with Crippen LogP contribution in [0.25, 0.3) is 39.1 Å². The minimum absolute atomic E-state index is 0.183. The van der Waals surface area contributed by atoms with Gasteiger partial charge in [-0.05, 0) is 53.6 Å². The highest BCUT2D eigenvalue weighted by Gasteiger charge is 2.15. The van der Waals surface area contributed by atoms with Crippen molar-refractivity contribution in [2.75, 3.05) is 0 Å². The van der Waals surface area contributed by atoms with Gasteiger partial charge in [-0.15, -0.1) is 0 Å². The molecule has 5 aromatic rings. The second-order valence-corrected chi connectivity index (χ2v) is 8.03. The maximum absolute atomic E-state index is 13.5. The average Bonchev–Trinajstić information content (AvgIpc) is 2.81. The Hall–Kier alpha value is -3.40. The molecule has 1 heterocycles. The number of hydrogen-bond acceptors (Lipinski definition) is 2. The van der Waals surface area contributed by atoms with E-state index in [0.717, 1.165) is 16.7 Å². The van der Waals surface area contributed by atoms with E-state index in [1.807, 2.05) is 54.6 Å². The number of rotatable bonds is 3. The number of benzene rings is 4. The number of halogens is 2. The molecule has 0 aliphatic carbocycles. The van der Waals surface area contributed by atoms with E-state index in [4.69, 9.17) is 28.2 Å². The third-order valence-corrected chi connectivity index (χ3v) is 5.65. The molecule has 0 bridgehead atoms. The smallest absolute Gasteiger partial charge is 0.266 e. The van der Waals surface area contributed by atoms with Crippen LogP contribution in [-0.4, -0.2) is 9.55 Å². The van der Waals surface area contributed by atoms with Crippen LogP contribution in [0.2, 0.25) is 10.0 Å². The van der Waals surface area contributed by atoms with E-state index in [0.29, 0.717) is 32.5 Å². The minimum Gasteiger partial charge on any atom is -0.268 e. The molecule has 5 heteroatoms. The van der Waals surface area contributed by atoms with E-state index < -0.39 is 0 Å². The molecule has 0 amide bonds. The molecule has 31 heavy (non-hydrogen) atoms. The van der Waals surface area contributed by atoms with Crippen LogP contribution in [0.5, 0.6) is 0 Å². The first-order valence-electron chi connectivity index (χ1n) is 9.74. The lowest BCUT2D eigenvalue weighted by Gasteiger charge is -2.14. The Morgan fingerprint density at radius 1 is 0.645 bits per heavy atom. The van der Waals surface area contributed by atoms with Gasteiger partial charge in [0.1, 0.15) is 5.82 Å². The summed E-state index contributed by atoms with van der Waals surface area (Å²) in [5.41, 5.74) is 4.16. The first-order valence-corrected chi connectivity index (χ1v) is 10.5. The van der Waals surface area contributed by atoms with Crippen molar-refractivity contribution in [1.29, 1.82) is 0 Å². The molecule has 0 radical (unpaired) electrons. The second-order valence-electron chi connectivity index (χ2n) is 7.16. The van der Waals surface area contributed by atoms with Crippen molar-refractivity contribution in [1.82, 2.24) is 9.55 Å². The van der Waals surface area contributed by atoms with Gasteiger partial charge in [0.05, 0.1) is 16.6 Å². The highest BCUT2D eigenvalue weighted by Crippen LogP contribution is 2.27. The zero-order chi connectivity index (χ0) is 21.4. The summed E-state index contributed by atoms with van der Waals surface area (Å²) in [6.45, 7) is 0. The Bertz CT molecular complexity index is 1440. The monoisotopic (exact) mass is 442 g/mol. The van der Waals surface area contributed by atoms with Crippen molar-refractivity contribution >= 4 is 34.1 Å². The lowest BCUT2D eigenvalue weighted by Crippen LogP contribution is -2.22. The van der Waals surface area contributed by atoms with Crippen molar-refractivity contribution in [3.05, 3.63) is 117 Å². The summed E-state index contributed by atoms with van der Waals surface area (Å²) < 4.78 is 1.60. The maximum atomic E-state index is 13.5. The summed E-state index contributed by atoms with van der Waals surface area (Å²) >= 11 is 12.2. The van der Waals surface area contributed by atoms with Gasteiger partial charge in [-0.2, -0.15) is 0 Å². The first kappa shape index (κ1) is 19.6. The Morgan fingerprint density at radius 2 is 1.26 bits per heavy atom. The summed E-state index contributed by atoms with van der Waals surface area (Å²) in [6.07, 6.45) is 0. The normalized spacial score (nSPS) is 11.0. The van der Waals surface area contributed by atoms with Gasteiger partial charge in [0, 0.05) is 15.6 Å². The van der Waals surface area contributed by atoms with E-state index in [1.165, 1.54) is 0 Å². The molecule has 0 aliphatic rings. The SMILES string of the molecule is O=c1c2cc(Cl)ccc2nc(-c2ccc(-c3ccccc3)cc2)n1-c1ccc(Cl)cc1. The third-order valence-electron chi connectivity index (χ3n) is 5.17. The fourth-order valence-corrected chi connectivity index (χ4v) is 3.92. The zero-order valence-corrected chi connectivity index (χ0v) is 17.8. The zero-order valence-electron chi connectivity index (χ0n) is 16.3. The predicted molar refractivity (Wildman–Crippen MR) is 128 cm³/mol. The van der Waals surface area contributed by atoms with Crippen LogP contribution < -0.4 is 5.56 Å². The van der Waals surface area contributed by atoms with Crippen LogP contribution in [0, 0.1) is 0 Å². The fraction of sp³-hybridized carbons (Fsp3) is 0. The average molecular weight is 443 g/mol. The van der Waals surface area contributed by atoms with Crippen LogP contribution in [0.4, 0.5) is 0 Å². The van der Waals surface area contributed by atoms with E-state index in [1.54, 1.807) is 34.9 Å². The van der Waals surface area contributed by atoms with Crippen molar-refractivity contribution < 1.29 is 0 Å². The van der Waals surface area contributed by atoms with Crippen molar-refractivity contribution in [2.24, 2.45) is 0 Å². The van der Waals surface area contributed by atoms with Gasteiger partial charge in [0.25, 0.3) is 5.56 Å². The highest BCUT2D eigenvalue weighted by atomic mass is 35.5. The van der Waals surface area contributed by atoms with Crippen LogP contribution in [0.1, 0.15) is 0 Å². The highest BCUT2D eigenvalue weighted by molar-refractivity contribution is 6.31. The Labute approximate surface area is 189 Å². The quantitative estimate of drug-likeness (QED) is 0.300. The van der Waals surface area contributed by atoms with Gasteiger partial charge in [-0.3, -0.25) is 9.36 Å². The van der Waals surface area contributed by atoms with E-state index in [-0.39, 0.29) is 5.56 Å². The molecule has 0 N–H and O–H groups in total. The van der Waals surface area contributed by atoms with Gasteiger partial charge in [0.2, 0.25) is 0 Å². The van der Waals surface area contributed by atoms with Crippen molar-refractivity contribution in [3.63, 3.8) is 0 Å². The van der Waals surface area contributed by atoms with Crippen molar-refractivity contribution in [2.45, 2.75) is 0 Å². The minimum atomic E-state index is -0.183. The second kappa shape index (κ2) is 8.03. The van der Waals surface area contributed by atoms with E-state index in [9.17, 15) is 4.79 Å². The summed E-state index contributed by atoms with van der Waals surface area (Å²) in [5.74, 6) is 0.557. The topological polar surface area (TPSA) is 34.9 Å². The van der Waals surface area contributed by atoms with Gasteiger partial charge < -0.3 is 0 Å². The molecule has 0 atom stereocenters. The van der Waals surface area contributed by atoms with Gasteiger partial charge >= 0.3 is 0 Å². The summed E-state index contributed by atoms with van der Waals surface area (Å²) in [7, 11) is 0. The standard InChI is InChI=1S/C26H16Cl2N2O/c27-20-10-13-22(14-11-20)30-25(29-24-15-12-21(28)16-23(24)26(30)31)19-8-6-18(7-9-19)17-4-2-1-3-5-17/h1-16H. The van der Waals surface area contributed by atoms with E-state index >= 15 is 0 Å². The number of nitrogens with zero attached hydrogens (tertiary/aromatic N) is 2. The Balaban J connectivity index is 1.74. The predicted octanol–water partition coefficient (Wildman–Crippen LogP) is 7.03. The van der Waals surface area contributed by atoms with Gasteiger partial charge in [-0.1, -0.05) is 77.8 Å². The molecule has 150 valence electrons. The van der Waals surface area contributed by atoms with Crippen LogP contribution in [0.15, 0.2) is 102 Å². The Kier molecular flexibility index (Phi) is 5.06. The molecule has 5 rings (SSSR count). The third kappa shape index (κ3) is 3.74. The molecular formula is C26H16Cl2N2O. The maximum Gasteiger partial charge on any atom is 0.266 e. The molecule has 3 nitrogen and oxygen atoms in total. The molecule has 0 saturated heterocycles. The number of hydrogen-bond donors (Lipinski definition) is 0. The number of fused-ring (bicyclic) bond motifs is 1. The number of aromatic nitrogens is 2. The molecule has 1 aromatic heterocycles. The van der Waals surface area contributed by atoms with Gasteiger partial charge in [0.15, 0.2) is 0 Å². The molecule has 0 fully saturated rings. The molecule has 0 spiro atoms.